The Morgan fingerprint density at radius 2 is 2.06 bits per heavy atom. The molecule has 0 aliphatic carbocycles. The standard InChI is InChI=1S/C12H14ClN3.ClH/c13-12-7-11(2-1-9(12)8-14)16-10-3-5-15-6-4-10;/h1-2,7,10,15-16H,3-6H2;1H. The van der Waals surface area contributed by atoms with Crippen molar-refractivity contribution in [2.75, 3.05) is 18.4 Å². The molecule has 1 aromatic rings. The number of piperidine rings is 1. The molecule has 0 bridgehead atoms. The van der Waals surface area contributed by atoms with Gasteiger partial charge in [0.05, 0.1) is 10.6 Å². The molecule has 5 heteroatoms. The van der Waals surface area contributed by atoms with E-state index in [4.69, 9.17) is 16.9 Å². The van der Waals surface area contributed by atoms with Crippen LogP contribution in [0.25, 0.3) is 0 Å². The quantitative estimate of drug-likeness (QED) is 0.870. The Kier molecular flexibility index (Phi) is 5.57. The van der Waals surface area contributed by atoms with Crippen molar-refractivity contribution in [3.8, 4) is 6.07 Å². The monoisotopic (exact) mass is 271 g/mol. The van der Waals surface area contributed by atoms with Gasteiger partial charge in [0.2, 0.25) is 0 Å². The molecule has 3 nitrogen and oxygen atoms in total. The zero-order valence-corrected chi connectivity index (χ0v) is 10.9. The maximum Gasteiger partial charge on any atom is 0.101 e. The summed E-state index contributed by atoms with van der Waals surface area (Å²) in [5.74, 6) is 0. The summed E-state index contributed by atoms with van der Waals surface area (Å²) >= 11 is 5.97. The second kappa shape index (κ2) is 6.70. The third-order valence-corrected chi connectivity index (χ3v) is 3.11. The fourth-order valence-corrected chi connectivity index (χ4v) is 2.12. The molecule has 0 amide bonds. The molecule has 0 aromatic heterocycles. The Labute approximate surface area is 113 Å². The average molecular weight is 272 g/mol. The predicted molar refractivity (Wildman–Crippen MR) is 72.9 cm³/mol. The number of nitriles is 1. The largest absolute Gasteiger partial charge is 0.382 e. The molecule has 17 heavy (non-hydrogen) atoms. The number of hydrogen-bond acceptors (Lipinski definition) is 3. The highest BCUT2D eigenvalue weighted by molar-refractivity contribution is 6.32. The Bertz CT molecular complexity index is 409. The fraction of sp³-hybridized carbons (Fsp3) is 0.417. The van der Waals surface area contributed by atoms with Crippen LogP contribution in [0.4, 0.5) is 5.69 Å². The van der Waals surface area contributed by atoms with Gasteiger partial charge in [-0.1, -0.05) is 11.6 Å². The molecule has 1 aliphatic heterocycles. The van der Waals surface area contributed by atoms with E-state index < -0.39 is 0 Å². The first-order chi connectivity index (χ1) is 7.79. The zero-order chi connectivity index (χ0) is 11.4. The van der Waals surface area contributed by atoms with Crippen LogP contribution in [-0.2, 0) is 0 Å². The van der Waals surface area contributed by atoms with E-state index in [1.807, 2.05) is 12.1 Å². The number of anilines is 1. The first-order valence-corrected chi connectivity index (χ1v) is 5.84. The Morgan fingerprint density at radius 3 is 2.65 bits per heavy atom. The topological polar surface area (TPSA) is 47.9 Å². The summed E-state index contributed by atoms with van der Waals surface area (Å²) < 4.78 is 0. The van der Waals surface area contributed by atoms with E-state index in [9.17, 15) is 0 Å². The molecule has 0 unspecified atom stereocenters. The SMILES string of the molecule is Cl.N#Cc1ccc(NC2CCNCC2)cc1Cl. The summed E-state index contributed by atoms with van der Waals surface area (Å²) in [6.07, 6.45) is 2.25. The van der Waals surface area contributed by atoms with Gasteiger partial charge in [0.1, 0.15) is 6.07 Å². The zero-order valence-electron chi connectivity index (χ0n) is 9.37. The molecule has 1 heterocycles. The van der Waals surface area contributed by atoms with Crippen molar-refractivity contribution in [3.05, 3.63) is 28.8 Å². The smallest absolute Gasteiger partial charge is 0.101 e. The van der Waals surface area contributed by atoms with Crippen LogP contribution in [0.3, 0.4) is 0 Å². The Hall–Kier alpha value is -0.950. The summed E-state index contributed by atoms with van der Waals surface area (Å²) in [5, 5.41) is 16.0. The van der Waals surface area contributed by atoms with E-state index in [2.05, 4.69) is 16.7 Å². The minimum atomic E-state index is 0. The minimum Gasteiger partial charge on any atom is -0.382 e. The van der Waals surface area contributed by atoms with Crippen LogP contribution >= 0.6 is 24.0 Å². The molecule has 0 spiro atoms. The summed E-state index contributed by atoms with van der Waals surface area (Å²) in [6, 6.07) is 8.05. The van der Waals surface area contributed by atoms with Crippen molar-refractivity contribution in [1.29, 1.82) is 5.26 Å². The van der Waals surface area contributed by atoms with Crippen molar-refractivity contribution in [1.82, 2.24) is 5.32 Å². The molecule has 0 atom stereocenters. The third-order valence-electron chi connectivity index (χ3n) is 2.80. The normalized spacial score (nSPS) is 15.8. The van der Waals surface area contributed by atoms with Gasteiger partial charge in [0.25, 0.3) is 0 Å². The maximum absolute atomic E-state index is 8.77. The van der Waals surface area contributed by atoms with Crippen LogP contribution in [0.2, 0.25) is 5.02 Å². The maximum atomic E-state index is 8.77. The van der Waals surface area contributed by atoms with E-state index in [1.54, 1.807) is 6.07 Å². The van der Waals surface area contributed by atoms with E-state index in [-0.39, 0.29) is 12.4 Å². The first-order valence-electron chi connectivity index (χ1n) is 5.46. The fourth-order valence-electron chi connectivity index (χ4n) is 1.90. The lowest BCUT2D eigenvalue weighted by atomic mass is 10.1. The summed E-state index contributed by atoms with van der Waals surface area (Å²) in [7, 11) is 0. The molecule has 1 aliphatic rings. The lowest BCUT2D eigenvalue weighted by molar-refractivity contribution is 0.479. The average Bonchev–Trinajstić information content (AvgIpc) is 2.31. The number of halogens is 2. The van der Waals surface area contributed by atoms with Crippen molar-refractivity contribution in [2.45, 2.75) is 18.9 Å². The van der Waals surface area contributed by atoms with Gasteiger partial charge in [-0.3, -0.25) is 0 Å². The van der Waals surface area contributed by atoms with Crippen molar-refractivity contribution >= 4 is 29.7 Å². The van der Waals surface area contributed by atoms with Gasteiger partial charge >= 0.3 is 0 Å². The van der Waals surface area contributed by atoms with Crippen LogP contribution in [0.1, 0.15) is 18.4 Å². The van der Waals surface area contributed by atoms with Crippen LogP contribution in [0, 0.1) is 11.3 Å². The highest BCUT2D eigenvalue weighted by Crippen LogP contribution is 2.21. The molecule has 92 valence electrons. The van der Waals surface area contributed by atoms with E-state index in [0.717, 1.165) is 31.6 Å². The molecule has 1 fully saturated rings. The van der Waals surface area contributed by atoms with Crippen molar-refractivity contribution < 1.29 is 0 Å². The van der Waals surface area contributed by atoms with Crippen LogP contribution in [0.5, 0.6) is 0 Å². The Balaban J connectivity index is 0.00000144. The highest BCUT2D eigenvalue weighted by atomic mass is 35.5. The van der Waals surface area contributed by atoms with E-state index in [1.165, 1.54) is 0 Å². The third kappa shape index (κ3) is 3.78. The summed E-state index contributed by atoms with van der Waals surface area (Å²) in [5.41, 5.74) is 1.52. The van der Waals surface area contributed by atoms with Gasteiger partial charge in [-0.25, -0.2) is 0 Å². The van der Waals surface area contributed by atoms with Gasteiger partial charge in [0, 0.05) is 11.7 Å². The van der Waals surface area contributed by atoms with Crippen LogP contribution in [-0.4, -0.2) is 19.1 Å². The van der Waals surface area contributed by atoms with Gasteiger partial charge < -0.3 is 10.6 Å². The lowest BCUT2D eigenvalue weighted by Gasteiger charge is -2.24. The molecule has 1 aromatic carbocycles. The van der Waals surface area contributed by atoms with Gasteiger partial charge in [-0.05, 0) is 44.1 Å². The molecule has 0 saturated carbocycles. The molecular formula is C12H15Cl2N3. The van der Waals surface area contributed by atoms with Crippen LogP contribution in [0.15, 0.2) is 18.2 Å². The van der Waals surface area contributed by atoms with Crippen LogP contribution < -0.4 is 10.6 Å². The molecule has 2 rings (SSSR count). The van der Waals surface area contributed by atoms with E-state index >= 15 is 0 Å². The highest BCUT2D eigenvalue weighted by Gasteiger charge is 2.12. The predicted octanol–water partition coefficient (Wildman–Crippen LogP) is 2.80. The molecule has 0 radical (unpaired) electrons. The molecule has 2 N–H and O–H groups in total. The number of hydrogen-bond donors (Lipinski definition) is 2. The van der Waals surface area contributed by atoms with Crippen molar-refractivity contribution in [3.63, 3.8) is 0 Å². The first kappa shape index (κ1) is 14.1. The van der Waals surface area contributed by atoms with Gasteiger partial charge in [0.15, 0.2) is 0 Å². The number of nitrogens with one attached hydrogen (secondary N) is 2. The van der Waals surface area contributed by atoms with Crippen molar-refractivity contribution in [2.24, 2.45) is 0 Å². The molecule has 1 saturated heterocycles. The number of nitrogens with zero attached hydrogens (tertiary/aromatic N) is 1. The van der Waals surface area contributed by atoms with Gasteiger partial charge in [-0.2, -0.15) is 5.26 Å². The number of benzene rings is 1. The molecular weight excluding hydrogens is 257 g/mol. The minimum absolute atomic E-state index is 0. The number of rotatable bonds is 2. The second-order valence-electron chi connectivity index (χ2n) is 3.98. The van der Waals surface area contributed by atoms with Gasteiger partial charge in [-0.15, -0.1) is 12.4 Å². The second-order valence-corrected chi connectivity index (χ2v) is 4.38. The Morgan fingerprint density at radius 1 is 1.35 bits per heavy atom. The summed E-state index contributed by atoms with van der Waals surface area (Å²) in [6.45, 7) is 2.11. The van der Waals surface area contributed by atoms with E-state index in [0.29, 0.717) is 16.6 Å². The summed E-state index contributed by atoms with van der Waals surface area (Å²) in [4.78, 5) is 0. The lowest BCUT2D eigenvalue weighted by Crippen LogP contribution is -2.35.